The zero-order valence-electron chi connectivity index (χ0n) is 23.0. The second-order valence-electron chi connectivity index (χ2n) is 8.71. The minimum atomic E-state index is -4.02. The summed E-state index contributed by atoms with van der Waals surface area (Å²) in [5, 5.41) is 0. The summed E-state index contributed by atoms with van der Waals surface area (Å²) in [4.78, 5) is 8.04. The van der Waals surface area contributed by atoms with Gasteiger partial charge in [-0.2, -0.15) is 16.8 Å². The Hall–Kier alpha value is -3.40. The molecule has 0 bridgehead atoms. The molecule has 0 aliphatic rings. The Balaban J connectivity index is 0.000000268. The fourth-order valence-electron chi connectivity index (χ4n) is 2.91. The van der Waals surface area contributed by atoms with Crippen molar-refractivity contribution >= 4 is 20.2 Å². The molecular formula is C26H38N6O6S2. The van der Waals surface area contributed by atoms with Crippen LogP contribution in [0, 0.1) is 13.8 Å². The highest BCUT2D eigenvalue weighted by molar-refractivity contribution is 7.86. The van der Waals surface area contributed by atoms with E-state index in [4.69, 9.17) is 20.6 Å². The quantitative estimate of drug-likeness (QED) is 0.240. The van der Waals surface area contributed by atoms with Crippen LogP contribution in [0.1, 0.15) is 22.5 Å². The van der Waals surface area contributed by atoms with E-state index in [1.165, 1.54) is 24.3 Å². The molecule has 0 aliphatic heterocycles. The summed E-state index contributed by atoms with van der Waals surface area (Å²) in [6.07, 6.45) is 9.28. The van der Waals surface area contributed by atoms with Gasteiger partial charge in [0.05, 0.1) is 33.8 Å². The summed E-state index contributed by atoms with van der Waals surface area (Å²) in [5.74, 6) is 0. The van der Waals surface area contributed by atoms with Gasteiger partial charge in [0, 0.05) is 39.3 Å². The number of benzene rings is 2. The highest BCUT2D eigenvalue weighted by Crippen LogP contribution is 2.09. The summed E-state index contributed by atoms with van der Waals surface area (Å²) in [6, 6.07) is 12.0. The number of hydrogen-bond donors (Lipinski definition) is 4. The molecule has 0 saturated heterocycles. The van der Waals surface area contributed by atoms with Crippen LogP contribution in [0.4, 0.5) is 0 Å². The smallest absolute Gasteiger partial charge is 0.294 e. The van der Waals surface area contributed by atoms with Crippen LogP contribution in [0.25, 0.3) is 0 Å². The van der Waals surface area contributed by atoms with Crippen molar-refractivity contribution in [2.24, 2.45) is 25.6 Å². The van der Waals surface area contributed by atoms with Crippen molar-refractivity contribution in [3.05, 3.63) is 96.1 Å². The summed E-state index contributed by atoms with van der Waals surface area (Å²) in [6.45, 7) is 5.04. The van der Waals surface area contributed by atoms with E-state index in [-0.39, 0.29) is 9.79 Å². The van der Waals surface area contributed by atoms with Gasteiger partial charge in [-0.05, 0) is 51.2 Å². The van der Waals surface area contributed by atoms with Crippen LogP contribution < -0.4 is 11.5 Å². The molecule has 0 saturated carbocycles. The molecule has 2 aromatic heterocycles. The van der Waals surface area contributed by atoms with Crippen molar-refractivity contribution in [2.75, 3.05) is 13.1 Å². The first-order valence-corrected chi connectivity index (χ1v) is 15.0. The minimum absolute atomic E-state index is 0.0666. The summed E-state index contributed by atoms with van der Waals surface area (Å²) in [7, 11) is -4.14. The van der Waals surface area contributed by atoms with Crippen LogP contribution in [-0.4, -0.2) is 58.1 Å². The molecule has 6 N–H and O–H groups in total. The van der Waals surface area contributed by atoms with Crippen LogP contribution in [-0.2, 0) is 47.2 Å². The molecule has 0 atom stereocenters. The number of aromatic nitrogens is 4. The molecule has 0 fully saturated rings. The van der Waals surface area contributed by atoms with Crippen molar-refractivity contribution in [1.82, 2.24) is 19.1 Å². The maximum atomic E-state index is 10.5. The predicted molar refractivity (Wildman–Crippen MR) is 154 cm³/mol. The normalized spacial score (nSPS) is 10.8. The molecule has 14 heteroatoms. The maximum Gasteiger partial charge on any atom is 0.294 e. The topological polar surface area (TPSA) is 196 Å². The molecule has 0 unspecified atom stereocenters. The molecule has 4 aromatic rings. The highest BCUT2D eigenvalue weighted by Gasteiger charge is 2.07. The van der Waals surface area contributed by atoms with Crippen LogP contribution in [0.3, 0.4) is 0 Å². The second kappa shape index (κ2) is 16.6. The Labute approximate surface area is 236 Å². The molecule has 2 heterocycles. The van der Waals surface area contributed by atoms with Gasteiger partial charge in [0.15, 0.2) is 0 Å². The first kappa shape index (κ1) is 34.6. The largest absolute Gasteiger partial charge is 0.340 e. The van der Waals surface area contributed by atoms with Crippen LogP contribution in [0.5, 0.6) is 0 Å². The molecule has 0 spiro atoms. The Bertz CT molecular complexity index is 1380. The molecule has 40 heavy (non-hydrogen) atoms. The molecule has 4 rings (SSSR count). The average molecular weight is 595 g/mol. The third-order valence-electron chi connectivity index (χ3n) is 4.96. The SMILES string of the molecule is Cc1ccc(S(=O)(=O)O)cc1.Cc1ccc(S(=O)(=O)O)cc1.Cn1cnc(CCN)c1.Cn1cnc(CCN)c1. The van der Waals surface area contributed by atoms with Crippen molar-refractivity contribution in [3.8, 4) is 0 Å². The molecule has 220 valence electrons. The number of hydrogen-bond acceptors (Lipinski definition) is 8. The van der Waals surface area contributed by atoms with Gasteiger partial charge in [-0.3, -0.25) is 9.11 Å². The van der Waals surface area contributed by atoms with Gasteiger partial charge in [-0.25, -0.2) is 9.97 Å². The van der Waals surface area contributed by atoms with E-state index >= 15 is 0 Å². The standard InChI is InChI=1S/2C7H8O3S.2C6H11N3/c2*1-6-2-4-7(5-3-6)11(8,9)10;2*1-9-4-6(2-3-7)8-5-9/h2*2-5H,1H3,(H,8,9,10);2*4-5H,2-3,7H2,1H3. The lowest BCUT2D eigenvalue weighted by atomic mass is 10.2. The van der Waals surface area contributed by atoms with Gasteiger partial charge in [0.25, 0.3) is 20.2 Å². The second-order valence-corrected chi connectivity index (χ2v) is 11.6. The third kappa shape index (κ3) is 14.1. The maximum absolute atomic E-state index is 10.5. The molecular weight excluding hydrogens is 556 g/mol. The number of imidazole rings is 2. The van der Waals surface area contributed by atoms with E-state index in [0.717, 1.165) is 35.4 Å². The Kier molecular flexibility index (Phi) is 14.4. The van der Waals surface area contributed by atoms with Crippen LogP contribution in [0.2, 0.25) is 0 Å². The first-order chi connectivity index (χ1) is 18.6. The van der Waals surface area contributed by atoms with Gasteiger partial charge in [0.1, 0.15) is 0 Å². The van der Waals surface area contributed by atoms with E-state index in [1.54, 1.807) is 36.9 Å². The van der Waals surface area contributed by atoms with E-state index in [1.807, 2.05) is 49.5 Å². The summed E-state index contributed by atoms with van der Waals surface area (Å²) >= 11 is 0. The number of aryl methyl sites for hydroxylation is 4. The van der Waals surface area contributed by atoms with Crippen LogP contribution in [0.15, 0.2) is 83.4 Å². The zero-order valence-corrected chi connectivity index (χ0v) is 24.7. The predicted octanol–water partition coefficient (Wildman–Crippen LogP) is 2.33. The van der Waals surface area contributed by atoms with Crippen molar-refractivity contribution in [2.45, 2.75) is 36.5 Å². The van der Waals surface area contributed by atoms with Gasteiger partial charge >= 0.3 is 0 Å². The lowest BCUT2D eigenvalue weighted by molar-refractivity contribution is 0.481. The van der Waals surface area contributed by atoms with Crippen molar-refractivity contribution < 1.29 is 25.9 Å². The number of nitrogens with zero attached hydrogens (tertiary/aromatic N) is 4. The van der Waals surface area contributed by atoms with Gasteiger partial charge < -0.3 is 20.6 Å². The zero-order chi connectivity index (χ0) is 30.3. The number of rotatable bonds is 6. The molecule has 0 aliphatic carbocycles. The van der Waals surface area contributed by atoms with Crippen LogP contribution >= 0.6 is 0 Å². The Morgan fingerprint density at radius 2 is 0.950 bits per heavy atom. The van der Waals surface area contributed by atoms with E-state index in [9.17, 15) is 16.8 Å². The average Bonchev–Trinajstić information content (AvgIpc) is 3.47. The van der Waals surface area contributed by atoms with Crippen molar-refractivity contribution in [1.29, 1.82) is 0 Å². The van der Waals surface area contributed by atoms with Gasteiger partial charge in [-0.15, -0.1) is 0 Å². The van der Waals surface area contributed by atoms with E-state index < -0.39 is 20.2 Å². The molecule has 0 amide bonds. The van der Waals surface area contributed by atoms with E-state index in [2.05, 4.69) is 9.97 Å². The number of nitrogens with two attached hydrogens (primary N) is 2. The minimum Gasteiger partial charge on any atom is -0.340 e. The fourth-order valence-corrected chi connectivity index (χ4v) is 3.87. The Morgan fingerprint density at radius 3 is 1.15 bits per heavy atom. The molecule has 12 nitrogen and oxygen atoms in total. The molecule has 2 aromatic carbocycles. The fraction of sp³-hybridized carbons (Fsp3) is 0.308. The molecule has 0 radical (unpaired) electrons. The Morgan fingerprint density at radius 1 is 0.650 bits per heavy atom. The monoisotopic (exact) mass is 594 g/mol. The summed E-state index contributed by atoms with van der Waals surface area (Å²) in [5.41, 5.74) is 14.7. The lowest BCUT2D eigenvalue weighted by Crippen LogP contribution is -2.02. The van der Waals surface area contributed by atoms with Gasteiger partial charge in [0.2, 0.25) is 0 Å². The summed E-state index contributed by atoms with van der Waals surface area (Å²) < 4.78 is 62.9. The highest BCUT2D eigenvalue weighted by atomic mass is 32.2. The van der Waals surface area contributed by atoms with Gasteiger partial charge in [-0.1, -0.05) is 35.4 Å². The third-order valence-corrected chi connectivity index (χ3v) is 6.69. The lowest BCUT2D eigenvalue weighted by Gasteiger charge is -1.95. The first-order valence-electron chi connectivity index (χ1n) is 12.1. The van der Waals surface area contributed by atoms with E-state index in [0.29, 0.717) is 13.1 Å². The van der Waals surface area contributed by atoms with Crippen molar-refractivity contribution in [3.63, 3.8) is 0 Å².